The lowest BCUT2D eigenvalue weighted by Gasteiger charge is -2.37. The Bertz CT molecular complexity index is 447. The van der Waals surface area contributed by atoms with Gasteiger partial charge in [0.2, 0.25) is 0 Å². The molecule has 0 amide bonds. The van der Waals surface area contributed by atoms with Gasteiger partial charge in [-0.1, -0.05) is 42.5 Å². The molecule has 1 fully saturated rings. The normalized spacial score (nSPS) is 18.1. The van der Waals surface area contributed by atoms with Crippen molar-refractivity contribution in [1.29, 1.82) is 0 Å². The molecule has 94 valence electrons. The zero-order valence-electron chi connectivity index (χ0n) is 10.7. The molecule has 1 aromatic rings. The van der Waals surface area contributed by atoms with Crippen molar-refractivity contribution in [2.24, 2.45) is 5.92 Å². The molecule has 1 N–H and O–H groups in total. The highest BCUT2D eigenvalue weighted by molar-refractivity contribution is 5.36. The number of rotatable bonds is 4. The largest absolute Gasteiger partial charge is 0.377 e. The van der Waals surface area contributed by atoms with Gasteiger partial charge in [-0.05, 0) is 43.7 Å². The van der Waals surface area contributed by atoms with E-state index in [1.807, 2.05) is 36.4 Å². The van der Waals surface area contributed by atoms with Crippen LogP contribution in [0.1, 0.15) is 37.7 Å². The van der Waals surface area contributed by atoms with Crippen LogP contribution in [0.2, 0.25) is 0 Å². The second-order valence-electron chi connectivity index (χ2n) is 5.00. The van der Waals surface area contributed by atoms with E-state index in [1.54, 1.807) is 0 Å². The van der Waals surface area contributed by atoms with Crippen LogP contribution in [0, 0.1) is 17.8 Å². The van der Waals surface area contributed by atoms with Crippen LogP contribution in [0.25, 0.3) is 0 Å². The first-order valence-corrected chi connectivity index (χ1v) is 6.66. The summed E-state index contributed by atoms with van der Waals surface area (Å²) in [5.41, 5.74) is 0.135. The van der Waals surface area contributed by atoms with Gasteiger partial charge in [0.25, 0.3) is 0 Å². The molecule has 0 aromatic heterocycles. The number of hydrogen-bond acceptors (Lipinski definition) is 1. The van der Waals surface area contributed by atoms with Gasteiger partial charge in [0, 0.05) is 5.56 Å². The minimum absolute atomic E-state index is 0.341. The molecule has 1 atom stereocenters. The van der Waals surface area contributed by atoms with Crippen molar-refractivity contribution in [1.82, 2.24) is 0 Å². The van der Waals surface area contributed by atoms with E-state index >= 15 is 0 Å². The molecular formula is C17H20O. The van der Waals surface area contributed by atoms with Gasteiger partial charge in [-0.3, -0.25) is 0 Å². The molecular weight excluding hydrogens is 220 g/mol. The molecule has 1 nitrogen and oxygen atoms in total. The van der Waals surface area contributed by atoms with Gasteiger partial charge in [0.15, 0.2) is 0 Å². The molecule has 0 radical (unpaired) electrons. The first kappa shape index (κ1) is 12.9. The average molecular weight is 240 g/mol. The van der Waals surface area contributed by atoms with Gasteiger partial charge in [0.05, 0.1) is 0 Å². The Morgan fingerprint density at radius 3 is 2.61 bits per heavy atom. The van der Waals surface area contributed by atoms with E-state index in [-0.39, 0.29) is 0 Å². The fraction of sp³-hybridized carbons (Fsp3) is 0.412. The third kappa shape index (κ3) is 3.03. The molecule has 1 aliphatic carbocycles. The highest BCUT2D eigenvalue weighted by atomic mass is 16.3. The fourth-order valence-electron chi connectivity index (χ4n) is 2.28. The van der Waals surface area contributed by atoms with Crippen LogP contribution in [0.15, 0.2) is 43.0 Å². The van der Waals surface area contributed by atoms with Crippen molar-refractivity contribution >= 4 is 0 Å². The molecule has 18 heavy (non-hydrogen) atoms. The van der Waals surface area contributed by atoms with E-state index < -0.39 is 5.60 Å². The summed E-state index contributed by atoms with van der Waals surface area (Å²) in [4.78, 5) is 0. The Balaban J connectivity index is 2.14. The number of aliphatic hydroxyl groups is 1. The zero-order valence-corrected chi connectivity index (χ0v) is 10.7. The summed E-state index contributed by atoms with van der Waals surface area (Å²) in [5, 5.41) is 10.7. The summed E-state index contributed by atoms with van der Waals surface area (Å²) in [7, 11) is 0. The first-order chi connectivity index (χ1) is 8.74. The van der Waals surface area contributed by atoms with Crippen LogP contribution < -0.4 is 0 Å². The van der Waals surface area contributed by atoms with Crippen molar-refractivity contribution in [2.45, 2.75) is 37.7 Å². The van der Waals surface area contributed by atoms with Gasteiger partial charge in [-0.2, -0.15) is 0 Å². The molecule has 2 rings (SSSR count). The van der Waals surface area contributed by atoms with Crippen molar-refractivity contribution in [3.63, 3.8) is 0 Å². The Kier molecular flexibility index (Phi) is 4.23. The van der Waals surface area contributed by atoms with Crippen molar-refractivity contribution in [3.05, 3.63) is 48.6 Å². The highest BCUT2D eigenvalue weighted by Gasteiger charge is 2.38. The van der Waals surface area contributed by atoms with Gasteiger partial charge in [-0.15, -0.1) is 6.58 Å². The Morgan fingerprint density at radius 2 is 2.06 bits per heavy atom. The number of hydrogen-bond donors (Lipinski definition) is 1. The van der Waals surface area contributed by atoms with E-state index in [9.17, 15) is 5.11 Å². The van der Waals surface area contributed by atoms with E-state index in [0.29, 0.717) is 12.3 Å². The lowest BCUT2D eigenvalue weighted by atomic mass is 9.71. The summed E-state index contributed by atoms with van der Waals surface area (Å²) in [5.74, 6) is 6.56. The average Bonchev–Trinajstić information content (AvgIpc) is 2.33. The fourth-order valence-corrected chi connectivity index (χ4v) is 2.28. The molecule has 1 aromatic carbocycles. The smallest absolute Gasteiger partial charge is 0.128 e. The maximum atomic E-state index is 10.7. The van der Waals surface area contributed by atoms with Crippen molar-refractivity contribution in [3.8, 4) is 11.8 Å². The predicted molar refractivity (Wildman–Crippen MR) is 75.0 cm³/mol. The second kappa shape index (κ2) is 5.89. The maximum Gasteiger partial charge on any atom is 0.128 e. The van der Waals surface area contributed by atoms with E-state index in [0.717, 1.165) is 24.8 Å². The van der Waals surface area contributed by atoms with Crippen LogP contribution in [-0.2, 0) is 0 Å². The third-order valence-corrected chi connectivity index (χ3v) is 3.71. The summed E-state index contributed by atoms with van der Waals surface area (Å²) in [6.07, 6.45) is 6.77. The molecule has 0 bridgehead atoms. The van der Waals surface area contributed by atoms with Crippen molar-refractivity contribution < 1.29 is 5.11 Å². The summed E-state index contributed by atoms with van der Waals surface area (Å²) < 4.78 is 0. The molecule has 0 aliphatic heterocycles. The molecule has 0 saturated heterocycles. The standard InChI is InChI=1S/C17H20O/c1-2-3-13-17(18,16-10-7-11-16)14-12-15-8-5-4-6-9-15/h2,4-6,8-9,16,18H,1,3,7,10-11,13H2. The van der Waals surface area contributed by atoms with E-state index in [2.05, 4.69) is 18.4 Å². The minimum Gasteiger partial charge on any atom is -0.377 e. The SMILES string of the molecule is C=CCCC(O)(C#Cc1ccccc1)C1CCC1. The zero-order chi connectivity index (χ0) is 12.8. The van der Waals surface area contributed by atoms with Crippen LogP contribution in [0.5, 0.6) is 0 Å². The molecule has 1 heteroatoms. The Morgan fingerprint density at radius 1 is 1.33 bits per heavy atom. The lowest BCUT2D eigenvalue weighted by molar-refractivity contribution is -0.00587. The summed E-state index contributed by atoms with van der Waals surface area (Å²) in [6, 6.07) is 9.86. The molecule has 0 heterocycles. The van der Waals surface area contributed by atoms with Crippen LogP contribution in [0.4, 0.5) is 0 Å². The Labute approximate surface area is 110 Å². The quantitative estimate of drug-likeness (QED) is 0.630. The second-order valence-corrected chi connectivity index (χ2v) is 5.00. The lowest BCUT2D eigenvalue weighted by Crippen LogP contribution is -2.40. The maximum absolute atomic E-state index is 10.7. The number of allylic oxidation sites excluding steroid dienone is 1. The highest BCUT2D eigenvalue weighted by Crippen LogP contribution is 2.38. The minimum atomic E-state index is -0.831. The Hall–Kier alpha value is -1.52. The molecule has 1 unspecified atom stereocenters. The molecule has 1 aliphatic rings. The molecule has 1 saturated carbocycles. The first-order valence-electron chi connectivity index (χ1n) is 6.66. The summed E-state index contributed by atoms with van der Waals surface area (Å²) >= 11 is 0. The van der Waals surface area contributed by atoms with E-state index in [1.165, 1.54) is 6.42 Å². The third-order valence-electron chi connectivity index (χ3n) is 3.71. The monoisotopic (exact) mass is 240 g/mol. The van der Waals surface area contributed by atoms with E-state index in [4.69, 9.17) is 0 Å². The van der Waals surface area contributed by atoms with Gasteiger partial charge >= 0.3 is 0 Å². The predicted octanol–water partition coefficient (Wildman–Crippen LogP) is 3.54. The van der Waals surface area contributed by atoms with Gasteiger partial charge in [-0.25, -0.2) is 0 Å². The van der Waals surface area contributed by atoms with Crippen molar-refractivity contribution in [2.75, 3.05) is 0 Å². The van der Waals surface area contributed by atoms with Crippen LogP contribution >= 0.6 is 0 Å². The molecule has 0 spiro atoms. The van der Waals surface area contributed by atoms with Gasteiger partial charge in [0.1, 0.15) is 5.60 Å². The van der Waals surface area contributed by atoms with Crippen LogP contribution in [-0.4, -0.2) is 10.7 Å². The van der Waals surface area contributed by atoms with Crippen LogP contribution in [0.3, 0.4) is 0 Å². The topological polar surface area (TPSA) is 20.2 Å². The summed E-state index contributed by atoms with van der Waals surface area (Å²) in [6.45, 7) is 3.73. The number of benzene rings is 1. The van der Waals surface area contributed by atoms with Gasteiger partial charge < -0.3 is 5.11 Å².